The number of benzene rings is 2. The molecule has 0 fully saturated rings. The molecule has 8 heteroatoms. The van der Waals surface area contributed by atoms with Crippen LogP contribution in [0.5, 0.6) is 5.75 Å². The normalized spacial score (nSPS) is 11.6. The largest absolute Gasteiger partial charge is 0.495 e. The molecule has 0 saturated carbocycles. The summed E-state index contributed by atoms with van der Waals surface area (Å²) in [5.74, 6) is -0.464. The molecule has 0 saturated heterocycles. The van der Waals surface area contributed by atoms with E-state index in [1.54, 1.807) is 44.2 Å². The number of aryl methyl sites for hydroxylation is 1. The number of esters is 1. The predicted molar refractivity (Wildman–Crippen MR) is 105 cm³/mol. The quantitative estimate of drug-likeness (QED) is 0.707. The maximum atomic E-state index is 12.3. The maximum absolute atomic E-state index is 12.3. The number of ether oxygens (including phenoxy) is 2. The van der Waals surface area contributed by atoms with Crippen molar-refractivity contribution in [2.24, 2.45) is 0 Å². The summed E-state index contributed by atoms with van der Waals surface area (Å²) >= 11 is 6.04. The summed E-state index contributed by atoms with van der Waals surface area (Å²) in [7, 11) is 0.152. The Kier molecular flexibility index (Phi) is 7.38. The fourth-order valence-electron chi connectivity index (χ4n) is 2.31. The van der Waals surface area contributed by atoms with E-state index in [1.165, 1.54) is 13.2 Å². The van der Waals surface area contributed by atoms with Gasteiger partial charge in [0, 0.05) is 16.8 Å². The molecule has 0 spiro atoms. The molecule has 0 radical (unpaired) electrons. The van der Waals surface area contributed by atoms with Crippen LogP contribution in [0.15, 0.2) is 41.3 Å². The molecule has 0 aliphatic carbocycles. The number of hydrogen-bond donors (Lipinski definition) is 1. The highest BCUT2D eigenvalue weighted by Crippen LogP contribution is 2.30. The molecular formula is C19H20ClNO5S. The zero-order chi connectivity index (χ0) is 20.0. The Morgan fingerprint density at radius 2 is 1.93 bits per heavy atom. The Balaban J connectivity index is 2.06. The van der Waals surface area contributed by atoms with Gasteiger partial charge in [0.1, 0.15) is 5.75 Å². The highest BCUT2D eigenvalue weighted by molar-refractivity contribution is 7.85. The van der Waals surface area contributed by atoms with Gasteiger partial charge in [-0.15, -0.1) is 0 Å². The molecule has 0 bridgehead atoms. The Hall–Kier alpha value is -2.38. The molecule has 0 aliphatic heterocycles. The lowest BCUT2D eigenvalue weighted by molar-refractivity contribution is -0.119. The van der Waals surface area contributed by atoms with Gasteiger partial charge in [-0.1, -0.05) is 30.7 Å². The van der Waals surface area contributed by atoms with E-state index in [1.807, 2.05) is 0 Å². The SMILES string of the molecule is CCS(=O)c1ccccc1C(=O)OCC(=O)Nc1cc(C)c(Cl)cc1OC. The highest BCUT2D eigenvalue weighted by atomic mass is 35.5. The summed E-state index contributed by atoms with van der Waals surface area (Å²) in [4.78, 5) is 24.8. The Bertz CT molecular complexity index is 884. The van der Waals surface area contributed by atoms with Gasteiger partial charge in [0.25, 0.3) is 5.91 Å². The molecule has 144 valence electrons. The van der Waals surface area contributed by atoms with Crippen LogP contribution in [0, 0.1) is 6.92 Å². The number of nitrogens with one attached hydrogen (secondary N) is 1. The minimum atomic E-state index is -1.31. The molecular weight excluding hydrogens is 390 g/mol. The molecule has 6 nitrogen and oxygen atoms in total. The van der Waals surface area contributed by atoms with Gasteiger partial charge in [-0.3, -0.25) is 9.00 Å². The van der Waals surface area contributed by atoms with E-state index in [0.29, 0.717) is 27.1 Å². The molecule has 0 heterocycles. The molecule has 1 N–H and O–H groups in total. The van der Waals surface area contributed by atoms with E-state index in [-0.39, 0.29) is 5.56 Å². The van der Waals surface area contributed by atoms with E-state index < -0.39 is 29.3 Å². The highest BCUT2D eigenvalue weighted by Gasteiger charge is 2.18. The van der Waals surface area contributed by atoms with Crippen molar-refractivity contribution in [1.82, 2.24) is 0 Å². The second kappa shape index (κ2) is 9.53. The van der Waals surface area contributed by atoms with Gasteiger partial charge in [-0.2, -0.15) is 0 Å². The minimum Gasteiger partial charge on any atom is -0.495 e. The first-order chi connectivity index (χ1) is 12.9. The van der Waals surface area contributed by atoms with Crippen molar-refractivity contribution in [2.45, 2.75) is 18.7 Å². The molecule has 0 aromatic heterocycles. The monoisotopic (exact) mass is 409 g/mol. The average Bonchev–Trinajstić information content (AvgIpc) is 2.68. The van der Waals surface area contributed by atoms with Crippen LogP contribution >= 0.6 is 11.6 Å². The molecule has 0 aliphatic rings. The molecule has 1 amide bonds. The van der Waals surface area contributed by atoms with Crippen molar-refractivity contribution in [1.29, 1.82) is 0 Å². The predicted octanol–water partition coefficient (Wildman–Crippen LogP) is 3.58. The van der Waals surface area contributed by atoms with Crippen LogP contribution in [-0.2, 0) is 20.3 Å². The van der Waals surface area contributed by atoms with E-state index in [2.05, 4.69) is 5.32 Å². The molecule has 2 aromatic carbocycles. The third kappa shape index (κ3) is 5.30. The topological polar surface area (TPSA) is 81.7 Å². The first kappa shape index (κ1) is 20.9. The number of carbonyl (C=O) groups excluding carboxylic acids is 2. The van der Waals surface area contributed by atoms with E-state index in [4.69, 9.17) is 21.1 Å². The lowest BCUT2D eigenvalue weighted by Gasteiger charge is -2.13. The van der Waals surface area contributed by atoms with Crippen LogP contribution in [0.1, 0.15) is 22.8 Å². The summed E-state index contributed by atoms with van der Waals surface area (Å²) in [5, 5.41) is 3.14. The first-order valence-electron chi connectivity index (χ1n) is 8.15. The van der Waals surface area contributed by atoms with Gasteiger partial charge in [0.15, 0.2) is 6.61 Å². The van der Waals surface area contributed by atoms with Gasteiger partial charge in [-0.25, -0.2) is 4.79 Å². The Labute approximate surface area is 165 Å². The van der Waals surface area contributed by atoms with E-state index in [9.17, 15) is 13.8 Å². The van der Waals surface area contributed by atoms with Gasteiger partial charge in [0.05, 0.1) is 34.1 Å². The van der Waals surface area contributed by atoms with Crippen LogP contribution in [0.4, 0.5) is 5.69 Å². The average molecular weight is 410 g/mol. The molecule has 1 atom stereocenters. The van der Waals surface area contributed by atoms with Gasteiger partial charge >= 0.3 is 5.97 Å². The molecule has 2 rings (SSSR count). The van der Waals surface area contributed by atoms with Crippen molar-refractivity contribution in [3.63, 3.8) is 0 Å². The van der Waals surface area contributed by atoms with E-state index in [0.717, 1.165) is 5.56 Å². The summed E-state index contributed by atoms with van der Waals surface area (Å²) < 4.78 is 22.3. The number of rotatable bonds is 7. The van der Waals surface area contributed by atoms with Crippen LogP contribution in [0.25, 0.3) is 0 Å². The van der Waals surface area contributed by atoms with Crippen LogP contribution in [0.3, 0.4) is 0 Å². The van der Waals surface area contributed by atoms with Gasteiger partial charge < -0.3 is 14.8 Å². The second-order valence-corrected chi connectivity index (χ2v) is 7.67. The zero-order valence-corrected chi connectivity index (χ0v) is 16.8. The summed E-state index contributed by atoms with van der Waals surface area (Å²) in [6.45, 7) is 3.06. The number of anilines is 1. The Morgan fingerprint density at radius 1 is 1.22 bits per heavy atom. The van der Waals surface area contributed by atoms with Crippen LogP contribution in [0.2, 0.25) is 5.02 Å². The molecule has 1 unspecified atom stereocenters. The summed E-state index contributed by atoms with van der Waals surface area (Å²) in [6.07, 6.45) is 0. The zero-order valence-electron chi connectivity index (χ0n) is 15.2. The fraction of sp³-hybridized carbons (Fsp3) is 0.263. The van der Waals surface area contributed by atoms with Crippen LogP contribution < -0.4 is 10.1 Å². The third-order valence-corrected chi connectivity index (χ3v) is 5.48. The standard InChI is InChI=1S/C19H20ClNO5S/c1-4-27(24)17-8-6-5-7-13(17)19(23)26-11-18(22)21-15-9-12(2)14(20)10-16(15)25-3/h5-10H,4,11H2,1-3H3,(H,21,22). The third-order valence-electron chi connectivity index (χ3n) is 3.70. The second-order valence-electron chi connectivity index (χ2n) is 5.56. The number of hydrogen-bond acceptors (Lipinski definition) is 5. The number of halogens is 1. The molecule has 27 heavy (non-hydrogen) atoms. The number of amides is 1. The van der Waals surface area contributed by atoms with Gasteiger partial charge in [0.2, 0.25) is 0 Å². The van der Waals surface area contributed by atoms with E-state index >= 15 is 0 Å². The Morgan fingerprint density at radius 3 is 2.59 bits per heavy atom. The number of methoxy groups -OCH3 is 1. The first-order valence-corrected chi connectivity index (χ1v) is 9.85. The summed E-state index contributed by atoms with van der Waals surface area (Å²) in [6, 6.07) is 9.73. The summed E-state index contributed by atoms with van der Waals surface area (Å²) in [5.41, 5.74) is 1.37. The lowest BCUT2D eigenvalue weighted by Crippen LogP contribution is -2.22. The van der Waals surface area contributed by atoms with Crippen molar-refractivity contribution < 1.29 is 23.3 Å². The van der Waals surface area contributed by atoms with Crippen molar-refractivity contribution in [2.75, 3.05) is 24.8 Å². The van der Waals surface area contributed by atoms with Crippen molar-refractivity contribution in [3.8, 4) is 5.75 Å². The van der Waals surface area contributed by atoms with Crippen molar-refractivity contribution >= 4 is 40.0 Å². The minimum absolute atomic E-state index is 0.186. The van der Waals surface area contributed by atoms with Crippen molar-refractivity contribution in [3.05, 3.63) is 52.5 Å². The lowest BCUT2D eigenvalue weighted by atomic mass is 10.2. The molecule has 2 aromatic rings. The van der Waals surface area contributed by atoms with Gasteiger partial charge in [-0.05, 0) is 30.7 Å². The maximum Gasteiger partial charge on any atom is 0.339 e. The smallest absolute Gasteiger partial charge is 0.339 e. The number of carbonyl (C=O) groups is 2. The fourth-order valence-corrected chi connectivity index (χ4v) is 3.41. The van der Waals surface area contributed by atoms with Crippen LogP contribution in [-0.4, -0.2) is 35.6 Å².